The van der Waals surface area contributed by atoms with E-state index in [2.05, 4.69) is 38.8 Å². The standard InChI is InChI=1S/C10H13BrN2O/c1-10(14-2)6-13(7-10)9-3-8(11)4-12-5-9/h3-5H,6-7H2,1-2H3. The highest BCUT2D eigenvalue weighted by molar-refractivity contribution is 9.10. The summed E-state index contributed by atoms with van der Waals surface area (Å²) < 4.78 is 6.40. The largest absolute Gasteiger partial charge is 0.375 e. The van der Waals surface area contributed by atoms with Crippen molar-refractivity contribution in [2.45, 2.75) is 12.5 Å². The summed E-state index contributed by atoms with van der Waals surface area (Å²) in [6.45, 7) is 3.98. The minimum absolute atomic E-state index is 0.0162. The first-order valence-electron chi connectivity index (χ1n) is 4.54. The number of ether oxygens (including phenoxy) is 1. The molecule has 1 aliphatic rings. The number of rotatable bonds is 2. The summed E-state index contributed by atoms with van der Waals surface area (Å²) in [7, 11) is 1.76. The molecule has 2 rings (SSSR count). The van der Waals surface area contributed by atoms with Gasteiger partial charge in [0.15, 0.2) is 0 Å². The van der Waals surface area contributed by atoms with Gasteiger partial charge in [-0.25, -0.2) is 0 Å². The van der Waals surface area contributed by atoms with Crippen LogP contribution in [0.15, 0.2) is 22.9 Å². The topological polar surface area (TPSA) is 25.4 Å². The maximum absolute atomic E-state index is 5.38. The normalized spacial score (nSPS) is 19.2. The van der Waals surface area contributed by atoms with Gasteiger partial charge in [0.25, 0.3) is 0 Å². The number of halogens is 1. The average molecular weight is 257 g/mol. The first kappa shape index (κ1) is 9.93. The van der Waals surface area contributed by atoms with Gasteiger partial charge in [-0.05, 0) is 28.9 Å². The number of pyridine rings is 1. The summed E-state index contributed by atoms with van der Waals surface area (Å²) in [5, 5.41) is 0. The molecule has 0 amide bonds. The van der Waals surface area contributed by atoms with E-state index in [0.29, 0.717) is 0 Å². The molecular formula is C10H13BrN2O. The third-order valence-corrected chi connectivity index (χ3v) is 3.03. The second-order valence-electron chi connectivity index (χ2n) is 3.87. The lowest BCUT2D eigenvalue weighted by Gasteiger charge is -2.48. The van der Waals surface area contributed by atoms with Crippen molar-refractivity contribution < 1.29 is 4.74 Å². The molecule has 1 fully saturated rings. The van der Waals surface area contributed by atoms with E-state index >= 15 is 0 Å². The molecule has 0 aromatic carbocycles. The number of hydrogen-bond acceptors (Lipinski definition) is 3. The van der Waals surface area contributed by atoms with Gasteiger partial charge in [-0.15, -0.1) is 0 Å². The molecule has 2 heterocycles. The van der Waals surface area contributed by atoms with E-state index < -0.39 is 0 Å². The summed E-state index contributed by atoms with van der Waals surface area (Å²) in [6, 6.07) is 2.07. The van der Waals surface area contributed by atoms with Gasteiger partial charge in [-0.1, -0.05) is 0 Å². The molecule has 1 aromatic rings. The van der Waals surface area contributed by atoms with Crippen LogP contribution in [0, 0.1) is 0 Å². The molecule has 3 nitrogen and oxygen atoms in total. The lowest BCUT2D eigenvalue weighted by atomic mass is 9.96. The van der Waals surface area contributed by atoms with Crippen LogP contribution in [0.5, 0.6) is 0 Å². The number of nitrogens with zero attached hydrogens (tertiary/aromatic N) is 2. The Morgan fingerprint density at radius 3 is 2.79 bits per heavy atom. The Morgan fingerprint density at radius 2 is 2.21 bits per heavy atom. The van der Waals surface area contributed by atoms with Crippen LogP contribution >= 0.6 is 15.9 Å². The Hall–Kier alpha value is -0.610. The molecule has 1 aliphatic heterocycles. The minimum atomic E-state index is 0.0162. The van der Waals surface area contributed by atoms with Gasteiger partial charge >= 0.3 is 0 Å². The minimum Gasteiger partial charge on any atom is -0.375 e. The highest BCUT2D eigenvalue weighted by atomic mass is 79.9. The Kier molecular flexibility index (Phi) is 2.49. The number of anilines is 1. The molecule has 0 aliphatic carbocycles. The molecule has 0 atom stereocenters. The molecule has 0 radical (unpaired) electrons. The molecule has 1 aromatic heterocycles. The van der Waals surface area contributed by atoms with Crippen LogP contribution in [-0.4, -0.2) is 30.8 Å². The number of methoxy groups -OCH3 is 1. The van der Waals surface area contributed by atoms with Crippen LogP contribution in [0.25, 0.3) is 0 Å². The van der Waals surface area contributed by atoms with E-state index in [-0.39, 0.29) is 5.60 Å². The van der Waals surface area contributed by atoms with Gasteiger partial charge in [0, 0.05) is 30.9 Å². The van der Waals surface area contributed by atoms with Crippen molar-refractivity contribution in [3.63, 3.8) is 0 Å². The van der Waals surface area contributed by atoms with Gasteiger partial charge in [0.2, 0.25) is 0 Å². The lowest BCUT2D eigenvalue weighted by molar-refractivity contribution is -0.0168. The highest BCUT2D eigenvalue weighted by Crippen LogP contribution is 2.30. The Balaban J connectivity index is 2.06. The Labute approximate surface area is 92.2 Å². The fourth-order valence-electron chi connectivity index (χ4n) is 1.65. The Bertz CT molecular complexity index is 337. The zero-order valence-corrected chi connectivity index (χ0v) is 9.91. The van der Waals surface area contributed by atoms with Crippen LogP contribution in [0.2, 0.25) is 0 Å². The predicted molar refractivity (Wildman–Crippen MR) is 59.6 cm³/mol. The summed E-state index contributed by atoms with van der Waals surface area (Å²) in [6.07, 6.45) is 3.67. The summed E-state index contributed by atoms with van der Waals surface area (Å²) >= 11 is 3.41. The maximum atomic E-state index is 5.38. The summed E-state index contributed by atoms with van der Waals surface area (Å²) in [5.74, 6) is 0. The van der Waals surface area contributed by atoms with Crippen molar-refractivity contribution in [3.05, 3.63) is 22.9 Å². The van der Waals surface area contributed by atoms with Crippen molar-refractivity contribution in [1.82, 2.24) is 4.98 Å². The fourth-order valence-corrected chi connectivity index (χ4v) is 2.00. The quantitative estimate of drug-likeness (QED) is 0.811. The SMILES string of the molecule is COC1(C)CN(c2cncc(Br)c2)C1. The first-order chi connectivity index (χ1) is 6.63. The molecule has 76 valence electrons. The second kappa shape index (κ2) is 3.51. The molecular weight excluding hydrogens is 244 g/mol. The van der Waals surface area contributed by atoms with E-state index in [4.69, 9.17) is 4.74 Å². The Morgan fingerprint density at radius 1 is 1.50 bits per heavy atom. The average Bonchev–Trinajstić information content (AvgIpc) is 2.13. The summed E-state index contributed by atoms with van der Waals surface area (Å²) in [4.78, 5) is 6.38. The lowest BCUT2D eigenvalue weighted by Crippen LogP contribution is -2.61. The van der Waals surface area contributed by atoms with E-state index in [1.54, 1.807) is 13.3 Å². The predicted octanol–water partition coefficient (Wildman–Crippen LogP) is 2.07. The zero-order valence-electron chi connectivity index (χ0n) is 8.33. The molecule has 0 N–H and O–H groups in total. The van der Waals surface area contributed by atoms with Gasteiger partial charge in [-0.2, -0.15) is 0 Å². The van der Waals surface area contributed by atoms with Gasteiger partial charge in [0.05, 0.1) is 17.5 Å². The van der Waals surface area contributed by atoms with E-state index in [1.807, 2.05) is 6.20 Å². The van der Waals surface area contributed by atoms with Gasteiger partial charge < -0.3 is 9.64 Å². The second-order valence-corrected chi connectivity index (χ2v) is 4.79. The van der Waals surface area contributed by atoms with Crippen molar-refractivity contribution in [1.29, 1.82) is 0 Å². The fraction of sp³-hybridized carbons (Fsp3) is 0.500. The molecule has 4 heteroatoms. The molecule has 0 saturated carbocycles. The summed E-state index contributed by atoms with van der Waals surface area (Å²) in [5.41, 5.74) is 1.16. The molecule has 0 bridgehead atoms. The van der Waals surface area contributed by atoms with Crippen LogP contribution in [0.1, 0.15) is 6.92 Å². The van der Waals surface area contributed by atoms with E-state index in [0.717, 1.165) is 23.2 Å². The van der Waals surface area contributed by atoms with E-state index in [1.165, 1.54) is 0 Å². The number of aromatic nitrogens is 1. The highest BCUT2D eigenvalue weighted by Gasteiger charge is 2.38. The van der Waals surface area contributed by atoms with Crippen molar-refractivity contribution in [2.75, 3.05) is 25.1 Å². The van der Waals surface area contributed by atoms with Gasteiger partial charge in [0.1, 0.15) is 0 Å². The van der Waals surface area contributed by atoms with Crippen molar-refractivity contribution in [3.8, 4) is 0 Å². The van der Waals surface area contributed by atoms with Crippen LogP contribution < -0.4 is 4.90 Å². The van der Waals surface area contributed by atoms with Crippen LogP contribution in [0.3, 0.4) is 0 Å². The molecule has 1 saturated heterocycles. The molecule has 14 heavy (non-hydrogen) atoms. The first-order valence-corrected chi connectivity index (χ1v) is 5.33. The zero-order chi connectivity index (χ0) is 10.2. The van der Waals surface area contributed by atoms with Crippen molar-refractivity contribution >= 4 is 21.6 Å². The maximum Gasteiger partial charge on any atom is 0.0998 e. The van der Waals surface area contributed by atoms with Crippen LogP contribution in [-0.2, 0) is 4.74 Å². The van der Waals surface area contributed by atoms with Crippen LogP contribution in [0.4, 0.5) is 5.69 Å². The van der Waals surface area contributed by atoms with Gasteiger partial charge in [-0.3, -0.25) is 4.98 Å². The number of hydrogen-bond donors (Lipinski definition) is 0. The smallest absolute Gasteiger partial charge is 0.0998 e. The third kappa shape index (κ3) is 1.77. The monoisotopic (exact) mass is 256 g/mol. The van der Waals surface area contributed by atoms with E-state index in [9.17, 15) is 0 Å². The molecule has 0 spiro atoms. The molecule has 0 unspecified atom stereocenters. The third-order valence-electron chi connectivity index (χ3n) is 2.60. The van der Waals surface area contributed by atoms with Crippen molar-refractivity contribution in [2.24, 2.45) is 0 Å².